The van der Waals surface area contributed by atoms with Gasteiger partial charge in [-0.25, -0.2) is 4.68 Å². The van der Waals surface area contributed by atoms with Crippen LogP contribution in [0.15, 0.2) is 0 Å². The molecule has 1 aliphatic heterocycles. The highest BCUT2D eigenvalue weighted by atomic mass is 28.3. The lowest BCUT2D eigenvalue weighted by Gasteiger charge is -2.15. The number of hydrogen-bond acceptors (Lipinski definition) is 3. The second-order valence-electron chi connectivity index (χ2n) is 5.75. The Morgan fingerprint density at radius 3 is 2.44 bits per heavy atom. The van der Waals surface area contributed by atoms with Gasteiger partial charge in [0.05, 0.1) is 0 Å². The van der Waals surface area contributed by atoms with E-state index in [4.69, 9.17) is 0 Å². The molecule has 0 saturated carbocycles. The van der Waals surface area contributed by atoms with Gasteiger partial charge in [-0.1, -0.05) is 19.6 Å². The lowest BCUT2D eigenvalue weighted by Crippen LogP contribution is -2.22. The molecular weight excluding hydrogens is 240 g/mol. The minimum Gasteiger partial charge on any atom is -0.341 e. The maximum Gasteiger partial charge on any atom is 0.226 e. The third-order valence-electron chi connectivity index (χ3n) is 2.89. The first kappa shape index (κ1) is 13.2. The zero-order chi connectivity index (χ0) is 13.2. The van der Waals surface area contributed by atoms with Crippen molar-refractivity contribution in [2.75, 3.05) is 18.0 Å². The molecule has 0 atom stereocenters. The standard InChI is InChI=1S/C13H22N4Si/c1-5-17-13(16-9-6-7-10-16)14-12(15-17)8-11-18(2,3)4/h5-7,9-10H2,1-4H3. The van der Waals surface area contributed by atoms with Crippen LogP contribution in [0.3, 0.4) is 0 Å². The molecule has 1 aliphatic rings. The Kier molecular flexibility index (Phi) is 3.76. The molecule has 4 nitrogen and oxygen atoms in total. The molecule has 18 heavy (non-hydrogen) atoms. The third-order valence-corrected chi connectivity index (χ3v) is 3.76. The van der Waals surface area contributed by atoms with Crippen LogP contribution in [0.5, 0.6) is 0 Å². The summed E-state index contributed by atoms with van der Waals surface area (Å²) in [4.78, 5) is 6.91. The van der Waals surface area contributed by atoms with Crippen LogP contribution in [0, 0.1) is 11.5 Å². The van der Waals surface area contributed by atoms with Gasteiger partial charge in [0, 0.05) is 19.6 Å². The van der Waals surface area contributed by atoms with Gasteiger partial charge in [0.15, 0.2) is 0 Å². The fraction of sp³-hybridized carbons (Fsp3) is 0.692. The molecule has 1 fully saturated rings. The van der Waals surface area contributed by atoms with E-state index in [-0.39, 0.29) is 0 Å². The molecule has 0 radical (unpaired) electrons. The number of anilines is 1. The van der Waals surface area contributed by atoms with Crippen LogP contribution in [0.1, 0.15) is 25.6 Å². The first-order valence-corrected chi connectivity index (χ1v) is 10.2. The average molecular weight is 262 g/mol. The predicted molar refractivity (Wildman–Crippen MR) is 77.4 cm³/mol. The number of aryl methyl sites for hydroxylation is 1. The fourth-order valence-corrected chi connectivity index (χ4v) is 2.48. The van der Waals surface area contributed by atoms with E-state index in [2.05, 4.69) is 53.0 Å². The topological polar surface area (TPSA) is 34.0 Å². The summed E-state index contributed by atoms with van der Waals surface area (Å²) in [5.74, 6) is 4.82. The molecule has 2 heterocycles. The Labute approximate surface area is 110 Å². The van der Waals surface area contributed by atoms with Crippen molar-refractivity contribution in [1.29, 1.82) is 0 Å². The van der Waals surface area contributed by atoms with Crippen LogP contribution in [-0.4, -0.2) is 35.9 Å². The van der Waals surface area contributed by atoms with Crippen LogP contribution in [0.4, 0.5) is 5.95 Å². The minimum absolute atomic E-state index is 0.682. The van der Waals surface area contributed by atoms with E-state index >= 15 is 0 Å². The summed E-state index contributed by atoms with van der Waals surface area (Å²) in [6.07, 6.45) is 2.51. The molecular formula is C13H22N4Si. The fourth-order valence-electron chi connectivity index (χ4n) is 1.99. The van der Waals surface area contributed by atoms with Gasteiger partial charge in [-0.15, -0.1) is 10.6 Å². The van der Waals surface area contributed by atoms with Crippen LogP contribution >= 0.6 is 0 Å². The first-order chi connectivity index (χ1) is 8.49. The molecule has 5 heteroatoms. The zero-order valence-corrected chi connectivity index (χ0v) is 12.8. The number of nitrogens with zero attached hydrogens (tertiary/aromatic N) is 4. The van der Waals surface area contributed by atoms with Gasteiger partial charge in [0.25, 0.3) is 0 Å². The quantitative estimate of drug-likeness (QED) is 0.605. The van der Waals surface area contributed by atoms with Gasteiger partial charge in [-0.05, 0) is 25.7 Å². The zero-order valence-electron chi connectivity index (χ0n) is 11.8. The predicted octanol–water partition coefficient (Wildman–Crippen LogP) is 2.13. The van der Waals surface area contributed by atoms with E-state index in [1.807, 2.05) is 4.68 Å². The van der Waals surface area contributed by atoms with Crippen molar-refractivity contribution in [3.05, 3.63) is 5.82 Å². The van der Waals surface area contributed by atoms with Gasteiger partial charge < -0.3 is 4.90 Å². The first-order valence-electron chi connectivity index (χ1n) is 6.72. The average Bonchev–Trinajstić information content (AvgIpc) is 2.94. The van der Waals surface area contributed by atoms with Crippen molar-refractivity contribution in [3.8, 4) is 11.5 Å². The van der Waals surface area contributed by atoms with E-state index in [0.29, 0.717) is 5.82 Å². The molecule has 1 aromatic heterocycles. The van der Waals surface area contributed by atoms with Crippen LogP contribution < -0.4 is 4.90 Å². The second kappa shape index (κ2) is 5.15. The number of hydrogen-bond donors (Lipinski definition) is 0. The molecule has 1 saturated heterocycles. The molecule has 1 aromatic rings. The molecule has 0 spiro atoms. The summed E-state index contributed by atoms with van der Waals surface area (Å²) in [5.41, 5.74) is 3.33. The lowest BCUT2D eigenvalue weighted by molar-refractivity contribution is 0.643. The normalized spacial score (nSPS) is 15.7. The van der Waals surface area contributed by atoms with E-state index in [1.165, 1.54) is 12.8 Å². The van der Waals surface area contributed by atoms with E-state index < -0.39 is 8.07 Å². The van der Waals surface area contributed by atoms with Crippen molar-refractivity contribution in [2.45, 2.75) is 46.0 Å². The van der Waals surface area contributed by atoms with Crippen molar-refractivity contribution >= 4 is 14.0 Å². The number of rotatable bonds is 2. The minimum atomic E-state index is -1.35. The van der Waals surface area contributed by atoms with Gasteiger partial charge in [0.2, 0.25) is 11.8 Å². The van der Waals surface area contributed by atoms with Crippen LogP contribution in [-0.2, 0) is 6.54 Å². The molecule has 0 bridgehead atoms. The van der Waals surface area contributed by atoms with Gasteiger partial charge in [0.1, 0.15) is 8.07 Å². The molecule has 0 aromatic carbocycles. The van der Waals surface area contributed by atoms with E-state index in [1.54, 1.807) is 0 Å². The maximum absolute atomic E-state index is 4.59. The lowest BCUT2D eigenvalue weighted by atomic mass is 10.4. The summed E-state index contributed by atoms with van der Waals surface area (Å²) >= 11 is 0. The summed E-state index contributed by atoms with van der Waals surface area (Å²) in [6.45, 7) is 11.9. The van der Waals surface area contributed by atoms with Crippen molar-refractivity contribution in [1.82, 2.24) is 14.8 Å². The summed E-state index contributed by atoms with van der Waals surface area (Å²) < 4.78 is 1.97. The van der Waals surface area contributed by atoms with Crippen molar-refractivity contribution in [3.63, 3.8) is 0 Å². The SMILES string of the molecule is CCn1nc(C#C[Si](C)(C)C)nc1N1CCCC1. The highest BCUT2D eigenvalue weighted by Gasteiger charge is 2.19. The molecule has 0 N–H and O–H groups in total. The Balaban J connectivity index is 2.25. The van der Waals surface area contributed by atoms with Crippen molar-refractivity contribution in [2.24, 2.45) is 0 Å². The molecule has 0 amide bonds. The van der Waals surface area contributed by atoms with Gasteiger partial charge >= 0.3 is 0 Å². The smallest absolute Gasteiger partial charge is 0.226 e. The highest BCUT2D eigenvalue weighted by Crippen LogP contribution is 2.17. The molecule has 0 aliphatic carbocycles. The van der Waals surface area contributed by atoms with Crippen LogP contribution in [0.2, 0.25) is 19.6 Å². The second-order valence-corrected chi connectivity index (χ2v) is 10.5. The molecule has 2 rings (SSSR count). The molecule has 98 valence electrons. The summed E-state index contributed by atoms with van der Waals surface area (Å²) in [7, 11) is -1.35. The Morgan fingerprint density at radius 2 is 1.89 bits per heavy atom. The van der Waals surface area contributed by atoms with E-state index in [0.717, 1.165) is 25.6 Å². The summed E-state index contributed by atoms with van der Waals surface area (Å²) in [5, 5.41) is 4.49. The maximum atomic E-state index is 4.59. The van der Waals surface area contributed by atoms with Crippen molar-refractivity contribution < 1.29 is 0 Å². The van der Waals surface area contributed by atoms with Gasteiger partial charge in [-0.3, -0.25) is 0 Å². The number of aromatic nitrogens is 3. The third kappa shape index (κ3) is 3.14. The van der Waals surface area contributed by atoms with Gasteiger partial charge in [-0.2, -0.15) is 4.98 Å². The Morgan fingerprint density at radius 1 is 1.22 bits per heavy atom. The Hall–Kier alpha value is -1.28. The molecule has 0 unspecified atom stereocenters. The Bertz CT molecular complexity index is 469. The monoisotopic (exact) mass is 262 g/mol. The van der Waals surface area contributed by atoms with Crippen LogP contribution in [0.25, 0.3) is 0 Å². The highest BCUT2D eigenvalue weighted by molar-refractivity contribution is 6.83. The van der Waals surface area contributed by atoms with E-state index in [9.17, 15) is 0 Å². The summed E-state index contributed by atoms with van der Waals surface area (Å²) in [6, 6.07) is 0. The largest absolute Gasteiger partial charge is 0.341 e.